The van der Waals surface area contributed by atoms with Gasteiger partial charge in [0.25, 0.3) is 11.8 Å². The number of hydrogen-bond donors (Lipinski definition) is 0. The Hall–Kier alpha value is -2.01. The van der Waals surface area contributed by atoms with Crippen LogP contribution >= 0.6 is 34.8 Å². The fourth-order valence-electron chi connectivity index (χ4n) is 2.44. The molecule has 122 valence electrons. The average Bonchev–Trinajstić information content (AvgIpc) is 2.80. The van der Waals surface area contributed by atoms with Crippen molar-refractivity contribution in [1.82, 2.24) is 0 Å². The van der Waals surface area contributed by atoms with E-state index in [9.17, 15) is 9.59 Å². The first kappa shape index (κ1) is 16.8. The Morgan fingerprint density at radius 2 is 1.58 bits per heavy atom. The minimum Gasteiger partial charge on any atom is -0.339 e. The molecule has 24 heavy (non-hydrogen) atoms. The Kier molecular flexibility index (Phi) is 4.54. The van der Waals surface area contributed by atoms with E-state index in [4.69, 9.17) is 34.8 Å². The molecule has 0 saturated heterocycles. The summed E-state index contributed by atoms with van der Waals surface area (Å²) in [5.41, 5.74) is 1.02. The van der Waals surface area contributed by atoms with Gasteiger partial charge in [0.15, 0.2) is 0 Å². The fourth-order valence-corrected chi connectivity index (χ4v) is 3.10. The van der Waals surface area contributed by atoms with E-state index in [1.807, 2.05) is 30.3 Å². The van der Waals surface area contributed by atoms with Gasteiger partial charge >= 0.3 is 0 Å². The van der Waals surface area contributed by atoms with Crippen molar-refractivity contribution < 1.29 is 9.59 Å². The van der Waals surface area contributed by atoms with E-state index in [-0.39, 0.29) is 21.4 Å². The molecule has 0 aliphatic carbocycles. The van der Waals surface area contributed by atoms with Crippen LogP contribution in [-0.4, -0.2) is 18.9 Å². The molecule has 1 aliphatic rings. The van der Waals surface area contributed by atoms with Crippen LogP contribution in [0.2, 0.25) is 10.0 Å². The van der Waals surface area contributed by atoms with Gasteiger partial charge in [-0.3, -0.25) is 9.59 Å². The molecular weight excluding hydrogens is 371 g/mol. The summed E-state index contributed by atoms with van der Waals surface area (Å²) < 4.78 is 0. The molecule has 2 aromatic rings. The topological polar surface area (TPSA) is 40.6 Å². The third-order valence-corrected chi connectivity index (χ3v) is 4.53. The zero-order valence-corrected chi connectivity index (χ0v) is 14.7. The summed E-state index contributed by atoms with van der Waals surface area (Å²) in [6.45, 7) is 0. The molecule has 7 heteroatoms. The van der Waals surface area contributed by atoms with Gasteiger partial charge in [-0.15, -0.1) is 0 Å². The number of likely N-dealkylation sites (N-methyl/N-ethyl adjacent to an activating group) is 1. The highest BCUT2D eigenvalue weighted by atomic mass is 35.5. The maximum Gasteiger partial charge on any atom is 0.283 e. The van der Waals surface area contributed by atoms with Crippen LogP contribution in [0.15, 0.2) is 59.3 Å². The molecule has 2 aromatic carbocycles. The molecule has 0 spiro atoms. The number of para-hydroxylation sites is 1. The summed E-state index contributed by atoms with van der Waals surface area (Å²) in [6.07, 6.45) is 0. The molecule has 3 rings (SSSR count). The third kappa shape index (κ3) is 2.77. The van der Waals surface area contributed by atoms with Crippen LogP contribution < -0.4 is 9.80 Å². The number of imide groups is 1. The van der Waals surface area contributed by atoms with E-state index in [1.54, 1.807) is 18.0 Å². The van der Waals surface area contributed by atoms with Crippen LogP contribution in [0.3, 0.4) is 0 Å². The number of amides is 2. The molecule has 0 bridgehead atoms. The van der Waals surface area contributed by atoms with E-state index in [1.165, 1.54) is 12.1 Å². The summed E-state index contributed by atoms with van der Waals surface area (Å²) in [5.74, 6) is -1.19. The van der Waals surface area contributed by atoms with Gasteiger partial charge < -0.3 is 4.90 Å². The van der Waals surface area contributed by atoms with Crippen molar-refractivity contribution in [2.24, 2.45) is 0 Å². The predicted molar refractivity (Wildman–Crippen MR) is 96.7 cm³/mol. The van der Waals surface area contributed by atoms with Gasteiger partial charge in [0, 0.05) is 17.8 Å². The second-order valence-corrected chi connectivity index (χ2v) is 6.32. The second kappa shape index (κ2) is 6.48. The van der Waals surface area contributed by atoms with Crippen LogP contribution in [0.5, 0.6) is 0 Å². The number of hydrogen-bond acceptors (Lipinski definition) is 3. The van der Waals surface area contributed by atoms with Crippen molar-refractivity contribution in [3.05, 3.63) is 69.3 Å². The maximum absolute atomic E-state index is 12.8. The molecule has 0 atom stereocenters. The first-order valence-corrected chi connectivity index (χ1v) is 8.07. The first-order valence-electron chi connectivity index (χ1n) is 6.94. The van der Waals surface area contributed by atoms with Crippen molar-refractivity contribution >= 4 is 58.0 Å². The van der Waals surface area contributed by atoms with Gasteiger partial charge in [-0.2, -0.15) is 0 Å². The summed E-state index contributed by atoms with van der Waals surface area (Å²) in [4.78, 5) is 27.8. The van der Waals surface area contributed by atoms with Gasteiger partial charge in [0.05, 0.1) is 10.7 Å². The van der Waals surface area contributed by atoms with Gasteiger partial charge in [0.1, 0.15) is 10.7 Å². The molecule has 1 aliphatic heterocycles. The zero-order valence-electron chi connectivity index (χ0n) is 12.5. The first-order chi connectivity index (χ1) is 11.4. The Bertz CT molecular complexity index is 865. The molecule has 0 aromatic heterocycles. The van der Waals surface area contributed by atoms with E-state index in [0.29, 0.717) is 5.02 Å². The number of nitrogens with zero attached hydrogens (tertiary/aromatic N) is 2. The monoisotopic (exact) mass is 380 g/mol. The minimum absolute atomic E-state index is 0.0870. The standard InChI is InChI=1S/C17H11Cl3N2O2/c1-21(11-5-3-2-4-6-11)15-14(20)16(23)22(17(15)24)13-9-10(18)7-8-12(13)19/h2-9H,1H3. The average molecular weight is 382 g/mol. The van der Waals surface area contributed by atoms with Gasteiger partial charge in [-0.05, 0) is 30.3 Å². The highest BCUT2D eigenvalue weighted by Crippen LogP contribution is 2.37. The summed E-state index contributed by atoms with van der Waals surface area (Å²) in [5, 5.41) is 0.424. The summed E-state index contributed by atoms with van der Waals surface area (Å²) >= 11 is 18.2. The van der Waals surface area contributed by atoms with Crippen LogP contribution in [0, 0.1) is 0 Å². The van der Waals surface area contributed by atoms with Crippen LogP contribution in [0.1, 0.15) is 0 Å². The Labute approximate surface area is 153 Å². The van der Waals surface area contributed by atoms with Crippen molar-refractivity contribution in [3.63, 3.8) is 0 Å². The molecular formula is C17H11Cl3N2O2. The maximum atomic E-state index is 12.8. The predicted octanol–water partition coefficient (Wildman–Crippen LogP) is 4.45. The van der Waals surface area contributed by atoms with Crippen molar-refractivity contribution in [1.29, 1.82) is 0 Å². The third-order valence-electron chi connectivity index (χ3n) is 3.63. The van der Waals surface area contributed by atoms with Crippen LogP contribution in [0.25, 0.3) is 0 Å². The van der Waals surface area contributed by atoms with E-state index >= 15 is 0 Å². The highest BCUT2D eigenvalue weighted by Gasteiger charge is 2.41. The second-order valence-electron chi connectivity index (χ2n) is 5.10. The number of carbonyl (C=O) groups is 2. The van der Waals surface area contributed by atoms with Gasteiger partial charge in [-0.1, -0.05) is 53.0 Å². The van der Waals surface area contributed by atoms with Gasteiger partial charge in [-0.25, -0.2) is 4.90 Å². The van der Waals surface area contributed by atoms with E-state index in [2.05, 4.69) is 0 Å². The molecule has 0 saturated carbocycles. The molecule has 2 amide bonds. The number of rotatable bonds is 3. The lowest BCUT2D eigenvalue weighted by molar-refractivity contribution is -0.120. The Morgan fingerprint density at radius 3 is 2.25 bits per heavy atom. The molecule has 0 radical (unpaired) electrons. The van der Waals surface area contributed by atoms with Crippen molar-refractivity contribution in [2.75, 3.05) is 16.8 Å². The molecule has 0 fully saturated rings. The summed E-state index contributed by atoms with van der Waals surface area (Å²) in [6, 6.07) is 13.7. The van der Waals surface area contributed by atoms with Crippen molar-refractivity contribution in [3.8, 4) is 0 Å². The minimum atomic E-state index is -0.636. The number of halogens is 3. The molecule has 0 N–H and O–H groups in total. The number of carbonyl (C=O) groups excluding carboxylic acids is 2. The van der Waals surface area contributed by atoms with Gasteiger partial charge in [0.2, 0.25) is 0 Å². The molecule has 1 heterocycles. The Morgan fingerprint density at radius 1 is 0.917 bits per heavy atom. The zero-order chi connectivity index (χ0) is 17.4. The molecule has 0 unspecified atom stereocenters. The Balaban J connectivity index is 2.04. The number of anilines is 2. The quantitative estimate of drug-likeness (QED) is 0.737. The highest BCUT2D eigenvalue weighted by molar-refractivity contribution is 6.54. The lowest BCUT2D eigenvalue weighted by Gasteiger charge is -2.21. The SMILES string of the molecule is CN(C1=C(Cl)C(=O)N(c2cc(Cl)ccc2Cl)C1=O)c1ccccc1. The van der Waals surface area contributed by atoms with E-state index < -0.39 is 11.8 Å². The lowest BCUT2D eigenvalue weighted by Crippen LogP contribution is -2.34. The summed E-state index contributed by atoms with van der Waals surface area (Å²) in [7, 11) is 1.67. The normalized spacial score (nSPS) is 14.6. The fraction of sp³-hybridized carbons (Fsp3) is 0.0588. The van der Waals surface area contributed by atoms with Crippen LogP contribution in [-0.2, 0) is 9.59 Å². The molecule has 4 nitrogen and oxygen atoms in total. The largest absolute Gasteiger partial charge is 0.339 e. The smallest absolute Gasteiger partial charge is 0.283 e. The lowest BCUT2D eigenvalue weighted by atomic mass is 10.2. The number of benzene rings is 2. The van der Waals surface area contributed by atoms with Crippen LogP contribution in [0.4, 0.5) is 11.4 Å². The van der Waals surface area contributed by atoms with Crippen molar-refractivity contribution in [2.45, 2.75) is 0 Å². The van der Waals surface area contributed by atoms with E-state index in [0.717, 1.165) is 10.6 Å².